The van der Waals surface area contributed by atoms with Crippen molar-refractivity contribution in [3.8, 4) is 0 Å². The molecule has 5 aromatic rings. The molecule has 3 heterocycles. The first-order valence-electron chi connectivity index (χ1n) is 12.3. The van der Waals surface area contributed by atoms with Gasteiger partial charge in [-0.15, -0.1) is 0 Å². The van der Waals surface area contributed by atoms with E-state index in [0.29, 0.717) is 24.5 Å². The lowest BCUT2D eigenvalue weighted by atomic mass is 10.1. The van der Waals surface area contributed by atoms with Gasteiger partial charge >= 0.3 is 0 Å². The van der Waals surface area contributed by atoms with Gasteiger partial charge in [-0.2, -0.15) is 0 Å². The maximum absolute atomic E-state index is 12.9. The molecule has 0 spiro atoms. The Balaban J connectivity index is 1.20. The molecule has 0 aliphatic carbocycles. The minimum atomic E-state index is -0.308. The summed E-state index contributed by atoms with van der Waals surface area (Å²) in [5.74, 6) is 0.608. The van der Waals surface area contributed by atoms with Gasteiger partial charge in [0.25, 0.3) is 5.56 Å². The summed E-state index contributed by atoms with van der Waals surface area (Å²) in [5.41, 5.74) is 3.79. The van der Waals surface area contributed by atoms with Gasteiger partial charge in [-0.1, -0.05) is 66.2 Å². The van der Waals surface area contributed by atoms with Gasteiger partial charge in [-0.25, -0.2) is 15.0 Å². The number of halogens is 1. The van der Waals surface area contributed by atoms with Crippen molar-refractivity contribution in [3.63, 3.8) is 0 Å². The van der Waals surface area contributed by atoms with Crippen molar-refractivity contribution in [1.29, 1.82) is 0 Å². The fourth-order valence-electron chi connectivity index (χ4n) is 4.20. The van der Waals surface area contributed by atoms with Gasteiger partial charge in [0.2, 0.25) is 0 Å². The number of benzene rings is 2. The summed E-state index contributed by atoms with van der Waals surface area (Å²) in [5, 5.41) is 1.35. The molecule has 0 aliphatic heterocycles. The fraction of sp³-hybridized carbons (Fsp3) is 0.129. The monoisotopic (exact) mass is 520 g/mol. The second kappa shape index (κ2) is 11.8. The molecule has 0 fully saturated rings. The molecule has 38 heavy (non-hydrogen) atoms. The van der Waals surface area contributed by atoms with Crippen LogP contribution in [0.1, 0.15) is 45.7 Å². The first-order valence-corrected chi connectivity index (χ1v) is 12.7. The zero-order chi connectivity index (χ0) is 26.3. The van der Waals surface area contributed by atoms with Crippen molar-refractivity contribution >= 4 is 34.4 Å². The van der Waals surface area contributed by atoms with Crippen LogP contribution in [-0.2, 0) is 13.0 Å². The Bertz CT molecular complexity index is 1660. The number of fused-ring (bicyclic) bond motifs is 1. The molecule has 0 radical (unpaired) electrons. The highest BCUT2D eigenvalue weighted by atomic mass is 35.5. The number of hydrogen-bond acceptors (Lipinski definition) is 5. The summed E-state index contributed by atoms with van der Waals surface area (Å²) in [6, 6.07) is 23.0. The normalized spacial score (nSPS) is 11.3. The first-order chi connectivity index (χ1) is 18.5. The molecule has 0 atom stereocenters. The number of hydrogen-bond donors (Lipinski definition) is 0. The van der Waals surface area contributed by atoms with E-state index in [1.807, 2.05) is 60.8 Å². The average Bonchev–Trinajstić information content (AvgIpc) is 2.94. The minimum absolute atomic E-state index is 0.180. The van der Waals surface area contributed by atoms with Crippen LogP contribution in [0, 0.1) is 0 Å². The van der Waals surface area contributed by atoms with E-state index in [0.717, 1.165) is 27.9 Å². The Labute approximate surface area is 225 Å². The van der Waals surface area contributed by atoms with Crippen molar-refractivity contribution in [2.45, 2.75) is 25.8 Å². The van der Waals surface area contributed by atoms with Gasteiger partial charge in [0.15, 0.2) is 5.78 Å². The fourth-order valence-corrected chi connectivity index (χ4v) is 4.31. The molecule has 0 unspecified atom stereocenters. The summed E-state index contributed by atoms with van der Waals surface area (Å²) in [7, 11) is 0. The average molecular weight is 521 g/mol. The van der Waals surface area contributed by atoms with Gasteiger partial charge in [0.1, 0.15) is 11.0 Å². The van der Waals surface area contributed by atoms with Gasteiger partial charge in [0.05, 0.1) is 17.6 Å². The molecule has 0 saturated heterocycles. The Hall–Kier alpha value is -4.42. The predicted molar refractivity (Wildman–Crippen MR) is 150 cm³/mol. The summed E-state index contributed by atoms with van der Waals surface area (Å²) in [4.78, 5) is 38.9. The van der Waals surface area contributed by atoms with Crippen molar-refractivity contribution in [2.24, 2.45) is 0 Å². The number of aromatic nitrogens is 4. The van der Waals surface area contributed by atoms with Crippen molar-refractivity contribution in [1.82, 2.24) is 19.5 Å². The Morgan fingerprint density at radius 3 is 2.61 bits per heavy atom. The third kappa shape index (κ3) is 6.28. The van der Waals surface area contributed by atoms with Crippen molar-refractivity contribution < 1.29 is 4.79 Å². The number of nitrogens with zero attached hydrogens (tertiary/aromatic N) is 4. The van der Waals surface area contributed by atoms with Gasteiger partial charge in [-0.3, -0.25) is 9.59 Å². The highest BCUT2D eigenvalue weighted by molar-refractivity contribution is 6.29. The lowest BCUT2D eigenvalue weighted by Gasteiger charge is -2.07. The van der Waals surface area contributed by atoms with E-state index in [9.17, 15) is 9.59 Å². The molecular formula is C31H25ClN4O2. The number of pyridine rings is 2. The largest absolute Gasteiger partial charge is 0.310 e. The van der Waals surface area contributed by atoms with Gasteiger partial charge in [0, 0.05) is 36.8 Å². The molecule has 0 N–H and O–H groups in total. The van der Waals surface area contributed by atoms with Gasteiger partial charge in [-0.05, 0) is 53.4 Å². The smallest absolute Gasteiger partial charge is 0.261 e. The first kappa shape index (κ1) is 25.2. The molecule has 188 valence electrons. The van der Waals surface area contributed by atoms with Crippen LogP contribution in [0.15, 0.2) is 102 Å². The van der Waals surface area contributed by atoms with Crippen LogP contribution in [-0.4, -0.2) is 25.3 Å². The summed E-state index contributed by atoms with van der Waals surface area (Å²) in [6.45, 7) is 0.323. The number of Topliss-reactive ketones (excluding diaryl/α,β-unsaturated/α-hetero) is 1. The molecule has 6 nitrogen and oxygen atoms in total. The molecular weight excluding hydrogens is 496 g/mol. The maximum atomic E-state index is 12.9. The maximum Gasteiger partial charge on any atom is 0.261 e. The van der Waals surface area contributed by atoms with E-state index in [1.165, 1.54) is 10.1 Å². The SMILES string of the molecule is O=C(CC/C=C/c1ccc2nc(Cc3ccccc3)ncc2c1)c1cccn(Cc2ccc(Cl)nc2)c1=O. The quantitative estimate of drug-likeness (QED) is 0.172. The third-order valence-corrected chi connectivity index (χ3v) is 6.39. The van der Waals surface area contributed by atoms with Crippen LogP contribution in [0.5, 0.6) is 0 Å². The van der Waals surface area contributed by atoms with E-state index >= 15 is 0 Å². The van der Waals surface area contributed by atoms with Crippen molar-refractivity contribution in [2.75, 3.05) is 0 Å². The van der Waals surface area contributed by atoms with E-state index in [2.05, 4.69) is 27.1 Å². The second-order valence-electron chi connectivity index (χ2n) is 8.98. The molecule has 0 saturated carbocycles. The standard InChI is InChI=1S/C31H25ClN4O2/c32-29-15-13-24(19-33-29)21-36-16-6-10-26(31(36)38)28(37)11-5-4-9-23-12-14-27-25(17-23)20-34-30(35-27)18-22-7-2-1-3-8-22/h1-4,6-10,12-17,19-20H,5,11,18,21H2/b9-4+. The molecule has 3 aromatic heterocycles. The highest BCUT2D eigenvalue weighted by Crippen LogP contribution is 2.16. The minimum Gasteiger partial charge on any atom is -0.310 e. The number of allylic oxidation sites excluding steroid dienone is 1. The Morgan fingerprint density at radius 2 is 1.79 bits per heavy atom. The van der Waals surface area contributed by atoms with Gasteiger partial charge < -0.3 is 4.57 Å². The van der Waals surface area contributed by atoms with Crippen LogP contribution in [0.4, 0.5) is 0 Å². The van der Waals surface area contributed by atoms with Crippen LogP contribution in [0.25, 0.3) is 17.0 Å². The van der Waals surface area contributed by atoms with E-state index in [-0.39, 0.29) is 23.3 Å². The molecule has 7 heteroatoms. The highest BCUT2D eigenvalue weighted by Gasteiger charge is 2.12. The van der Waals surface area contributed by atoms with Crippen LogP contribution in [0.2, 0.25) is 5.15 Å². The van der Waals surface area contributed by atoms with E-state index in [1.54, 1.807) is 30.6 Å². The number of rotatable bonds is 9. The number of carbonyl (C=O) groups is 1. The molecule has 0 aliphatic rings. The molecule has 0 bridgehead atoms. The zero-order valence-electron chi connectivity index (χ0n) is 20.6. The van der Waals surface area contributed by atoms with Crippen LogP contribution >= 0.6 is 11.6 Å². The van der Waals surface area contributed by atoms with Crippen LogP contribution < -0.4 is 5.56 Å². The lowest BCUT2D eigenvalue weighted by molar-refractivity contribution is 0.0981. The zero-order valence-corrected chi connectivity index (χ0v) is 21.4. The van der Waals surface area contributed by atoms with Crippen molar-refractivity contribution in [3.05, 3.63) is 141 Å². The predicted octanol–water partition coefficient (Wildman–Crippen LogP) is 6.16. The molecule has 2 aromatic carbocycles. The Morgan fingerprint density at radius 1 is 0.921 bits per heavy atom. The Kier molecular flexibility index (Phi) is 7.81. The molecule has 0 amide bonds. The number of carbonyl (C=O) groups excluding carboxylic acids is 1. The molecule has 5 rings (SSSR count). The third-order valence-electron chi connectivity index (χ3n) is 6.17. The summed E-state index contributed by atoms with van der Waals surface area (Å²) < 4.78 is 1.51. The van der Waals surface area contributed by atoms with E-state index < -0.39 is 0 Å². The number of ketones is 1. The lowest BCUT2D eigenvalue weighted by Crippen LogP contribution is -2.26. The van der Waals surface area contributed by atoms with Crippen LogP contribution in [0.3, 0.4) is 0 Å². The topological polar surface area (TPSA) is 77.7 Å². The summed E-state index contributed by atoms with van der Waals surface area (Å²) in [6.07, 6.45) is 10.5. The van der Waals surface area contributed by atoms with E-state index in [4.69, 9.17) is 11.6 Å². The summed E-state index contributed by atoms with van der Waals surface area (Å²) >= 11 is 5.83. The second-order valence-corrected chi connectivity index (χ2v) is 9.36.